The molecule has 1 aliphatic heterocycles. The van der Waals surface area contributed by atoms with E-state index in [0.717, 1.165) is 95.8 Å². The van der Waals surface area contributed by atoms with Gasteiger partial charge in [0.15, 0.2) is 11.6 Å². The molecule has 11 rings (SSSR count). The minimum absolute atomic E-state index is 0.00527. The number of anilines is 1. The second-order valence-electron chi connectivity index (χ2n) is 25.9. The first kappa shape index (κ1) is 55.7. The summed E-state index contributed by atoms with van der Waals surface area (Å²) in [6, 6.07) is 17.4. The summed E-state index contributed by atoms with van der Waals surface area (Å²) in [7, 11) is 4.15. The third kappa shape index (κ3) is 10.9. The zero-order valence-corrected chi connectivity index (χ0v) is 46.2. The van der Waals surface area contributed by atoms with Crippen molar-refractivity contribution in [3.05, 3.63) is 111 Å². The van der Waals surface area contributed by atoms with Crippen LogP contribution in [0.5, 0.6) is 0 Å². The number of hydrogen-bond donors (Lipinski definition) is 4. The average Bonchev–Trinajstić information content (AvgIpc) is 3.86. The van der Waals surface area contributed by atoms with Gasteiger partial charge >= 0.3 is 0 Å². The lowest BCUT2D eigenvalue weighted by Crippen LogP contribution is -2.45. The summed E-state index contributed by atoms with van der Waals surface area (Å²) in [6.07, 6.45) is 26.9. The standard InChI is InChI=1S/C28H36O4.C26H33NO2.C6H8O.C6H10/c1-27(15-29,16-30)19-6-3-17(4-7-19)23-14-28(2)24(11-12-25(28)32)22-9-5-18-13-20(31)8-10-21(18)26(22)23;1-26-15-22(16-4-7-18(8-5-16)27(2)3)25-20-11-9-19(28)14-17(20)6-10-21(25)23(26)12-13-24(26)29;1-3-6(2)4-7-5-6;1-5-6(2,3)4/h3-4,6-7,13,22-25,29-30,32H,5,8-12,14-16H2,1-2H3;4-5,7-8,14,21-24,29H,6,9-13,15H2,1-3H3;1H,4-5H2,2H3;1H,2-4H3. The van der Waals surface area contributed by atoms with Crippen LogP contribution in [0, 0.1) is 70.0 Å². The van der Waals surface area contributed by atoms with E-state index in [0.29, 0.717) is 48.2 Å². The number of rotatable bonds is 6. The predicted octanol–water partition coefficient (Wildman–Crippen LogP) is 11.5. The van der Waals surface area contributed by atoms with Gasteiger partial charge in [-0.1, -0.05) is 74.2 Å². The summed E-state index contributed by atoms with van der Waals surface area (Å²) < 4.78 is 4.89. The molecule has 8 heteroatoms. The van der Waals surface area contributed by atoms with Gasteiger partial charge in [-0.05, 0) is 203 Å². The van der Waals surface area contributed by atoms with Crippen molar-refractivity contribution in [1.82, 2.24) is 0 Å². The second kappa shape index (κ2) is 21.8. The molecule has 0 bridgehead atoms. The van der Waals surface area contributed by atoms with Gasteiger partial charge in [0.1, 0.15) is 0 Å². The fourth-order valence-corrected chi connectivity index (χ4v) is 14.7. The first-order chi connectivity index (χ1) is 35.0. The molecule has 0 spiro atoms. The molecule has 0 amide bonds. The highest BCUT2D eigenvalue weighted by molar-refractivity contribution is 5.93. The molecule has 0 aromatic heterocycles. The Hall–Kier alpha value is -4.54. The summed E-state index contributed by atoms with van der Waals surface area (Å²) in [6.45, 7) is 15.8. The van der Waals surface area contributed by atoms with Crippen LogP contribution in [0.3, 0.4) is 0 Å². The lowest BCUT2D eigenvalue weighted by atomic mass is 9.53. The molecule has 4 N–H and O–H groups in total. The molecule has 2 aromatic carbocycles. The number of nitrogens with zero attached hydrogens (tertiary/aromatic N) is 1. The Balaban J connectivity index is 0.000000159. The van der Waals surface area contributed by atoms with Crippen LogP contribution in [-0.2, 0) is 19.7 Å². The topological polar surface area (TPSA) is 128 Å². The first-order valence-corrected chi connectivity index (χ1v) is 27.9. The molecule has 2 aromatic rings. The number of fused-ring (bicyclic) bond motifs is 8. The Bertz CT molecular complexity index is 2620. The third-order valence-electron chi connectivity index (χ3n) is 19.5. The molecule has 8 aliphatic carbocycles. The number of terminal acetylenes is 2. The van der Waals surface area contributed by atoms with E-state index < -0.39 is 5.41 Å². The second-order valence-corrected chi connectivity index (χ2v) is 25.9. The normalized spacial score (nSPS) is 32.4. The molecule has 9 aliphatic rings. The number of benzene rings is 2. The molecular formula is C66H87NO7. The van der Waals surface area contributed by atoms with Crippen molar-refractivity contribution in [3.8, 4) is 24.7 Å². The molecule has 74 heavy (non-hydrogen) atoms. The van der Waals surface area contributed by atoms with Crippen LogP contribution in [0.4, 0.5) is 5.69 Å². The molecule has 8 nitrogen and oxygen atoms in total. The Kier molecular flexibility index (Phi) is 16.4. The van der Waals surface area contributed by atoms with Crippen LogP contribution in [0.2, 0.25) is 0 Å². The van der Waals surface area contributed by atoms with E-state index in [-0.39, 0.29) is 58.8 Å². The minimum Gasteiger partial charge on any atom is -0.395 e. The molecule has 10 unspecified atom stereocenters. The van der Waals surface area contributed by atoms with Crippen LogP contribution >= 0.6 is 0 Å². The minimum atomic E-state index is -0.654. The van der Waals surface area contributed by atoms with Crippen molar-refractivity contribution in [1.29, 1.82) is 0 Å². The van der Waals surface area contributed by atoms with Gasteiger partial charge in [-0.25, -0.2) is 0 Å². The third-order valence-corrected chi connectivity index (χ3v) is 19.5. The van der Waals surface area contributed by atoms with E-state index in [1.165, 1.54) is 44.7 Å². The first-order valence-electron chi connectivity index (χ1n) is 27.9. The SMILES string of the molecule is C#CC(C)(C)C.C#CC1(C)COC1.CC(CO)(CO)c1ccc(C2CC3(C)C(O)CCC3C3CCC4=CC(=O)CCC4=C23)cc1.CN(C)c1ccc(C2CC3(C)C(O)CCC3C3CCC4=CC(=O)CCC4=C23)cc1. The lowest BCUT2D eigenvalue weighted by molar-refractivity contribution is -0.115. The van der Waals surface area contributed by atoms with Crippen LogP contribution in [0.25, 0.3) is 0 Å². The molecule has 398 valence electrons. The van der Waals surface area contributed by atoms with Crippen molar-refractivity contribution in [3.63, 3.8) is 0 Å². The highest BCUT2D eigenvalue weighted by Gasteiger charge is 2.58. The Labute approximate surface area is 444 Å². The summed E-state index contributed by atoms with van der Waals surface area (Å²) >= 11 is 0. The van der Waals surface area contributed by atoms with E-state index in [1.807, 2.05) is 58.9 Å². The number of allylic oxidation sites excluding steroid dienone is 8. The monoisotopic (exact) mass is 1010 g/mol. The van der Waals surface area contributed by atoms with E-state index >= 15 is 0 Å². The maximum atomic E-state index is 12.1. The quantitative estimate of drug-likeness (QED) is 0.211. The number of carbonyl (C=O) groups is 2. The Morgan fingerprint density at radius 1 is 0.635 bits per heavy atom. The van der Waals surface area contributed by atoms with E-state index in [1.54, 1.807) is 5.57 Å². The highest BCUT2D eigenvalue weighted by atomic mass is 16.5. The number of ketones is 2. The molecule has 1 heterocycles. The molecule has 10 atom stereocenters. The summed E-state index contributed by atoms with van der Waals surface area (Å²) in [4.78, 5) is 26.3. The van der Waals surface area contributed by atoms with Gasteiger partial charge in [0.05, 0.1) is 44.1 Å². The molecule has 1 saturated heterocycles. The lowest BCUT2D eigenvalue weighted by Gasteiger charge is -2.52. The fraction of sp³-hybridized carbons (Fsp3) is 0.606. The number of hydrogen-bond acceptors (Lipinski definition) is 8. The number of aliphatic hydroxyl groups is 4. The summed E-state index contributed by atoms with van der Waals surface area (Å²) in [5, 5.41) is 41.5. The van der Waals surface area contributed by atoms with E-state index in [4.69, 9.17) is 17.6 Å². The largest absolute Gasteiger partial charge is 0.395 e. The van der Waals surface area contributed by atoms with Crippen LogP contribution in [0.15, 0.2) is 94.1 Å². The molecular weight excluding hydrogens is 919 g/mol. The van der Waals surface area contributed by atoms with Crippen molar-refractivity contribution >= 4 is 17.3 Å². The number of carbonyl (C=O) groups excluding carboxylic acids is 2. The van der Waals surface area contributed by atoms with Crippen molar-refractivity contribution < 1.29 is 34.8 Å². The van der Waals surface area contributed by atoms with Crippen molar-refractivity contribution in [2.45, 2.75) is 168 Å². The van der Waals surface area contributed by atoms with Crippen LogP contribution in [-0.4, -0.2) is 84.7 Å². The predicted molar refractivity (Wildman–Crippen MR) is 297 cm³/mol. The smallest absolute Gasteiger partial charge is 0.156 e. The summed E-state index contributed by atoms with van der Waals surface area (Å²) in [5.74, 6) is 8.55. The van der Waals surface area contributed by atoms with Crippen LogP contribution in [0.1, 0.15) is 167 Å². The fourth-order valence-electron chi connectivity index (χ4n) is 14.7. The van der Waals surface area contributed by atoms with E-state index in [2.05, 4.69) is 81.1 Å². The maximum absolute atomic E-state index is 12.1. The van der Waals surface area contributed by atoms with Gasteiger partial charge in [0.2, 0.25) is 0 Å². The zero-order chi connectivity index (χ0) is 53.5. The number of aliphatic hydroxyl groups excluding tert-OH is 4. The average molecular weight is 1010 g/mol. The molecule has 0 radical (unpaired) electrons. The summed E-state index contributed by atoms with van der Waals surface area (Å²) in [5.41, 5.74) is 12.8. The van der Waals surface area contributed by atoms with Gasteiger partial charge in [0, 0.05) is 55.3 Å². The Morgan fingerprint density at radius 2 is 1.05 bits per heavy atom. The van der Waals surface area contributed by atoms with Crippen molar-refractivity contribution in [2.24, 2.45) is 45.3 Å². The molecule has 4 saturated carbocycles. The van der Waals surface area contributed by atoms with Gasteiger partial charge in [-0.3, -0.25) is 9.59 Å². The van der Waals surface area contributed by atoms with Gasteiger partial charge in [0.25, 0.3) is 0 Å². The Morgan fingerprint density at radius 3 is 1.39 bits per heavy atom. The maximum Gasteiger partial charge on any atom is 0.156 e. The zero-order valence-electron chi connectivity index (χ0n) is 46.2. The molecule has 5 fully saturated rings. The van der Waals surface area contributed by atoms with Crippen LogP contribution < -0.4 is 4.90 Å². The van der Waals surface area contributed by atoms with Gasteiger partial charge in [-0.15, -0.1) is 18.8 Å². The van der Waals surface area contributed by atoms with Gasteiger partial charge < -0.3 is 30.1 Å². The number of ether oxygens (including phenoxy) is 1. The van der Waals surface area contributed by atoms with Gasteiger partial charge in [-0.2, -0.15) is 0 Å². The van der Waals surface area contributed by atoms with Crippen molar-refractivity contribution in [2.75, 3.05) is 45.4 Å². The van der Waals surface area contributed by atoms with E-state index in [9.17, 15) is 30.0 Å². The highest BCUT2D eigenvalue weighted by Crippen LogP contribution is 2.65.